The molecule has 0 spiro atoms. The summed E-state index contributed by atoms with van der Waals surface area (Å²) >= 11 is 0. The molecule has 0 aromatic heterocycles. The molecule has 0 saturated heterocycles. The lowest BCUT2D eigenvalue weighted by atomic mass is 10.0. The molecule has 0 radical (unpaired) electrons. The Kier molecular flexibility index (Phi) is 9.13. The molecule has 0 aliphatic carbocycles. The Morgan fingerprint density at radius 3 is 1.50 bits per heavy atom. The first-order chi connectivity index (χ1) is 10.5. The fourth-order valence-corrected chi connectivity index (χ4v) is 1.65. The van der Waals surface area contributed by atoms with E-state index in [4.69, 9.17) is 5.11 Å². The van der Waals surface area contributed by atoms with E-state index in [1.807, 2.05) is 13.8 Å². The number of rotatable bonds is 2. The van der Waals surface area contributed by atoms with Gasteiger partial charge >= 0.3 is 6.18 Å². The Balaban J connectivity index is 0.00000102. The largest absolute Gasteiger partial charge is 0.416 e. The van der Waals surface area contributed by atoms with Crippen LogP contribution in [-0.4, -0.2) is 12.2 Å². The highest BCUT2D eigenvalue weighted by Crippen LogP contribution is 2.30. The second kappa shape index (κ2) is 9.97. The topological polar surface area (TPSA) is 46.2 Å². The summed E-state index contributed by atoms with van der Waals surface area (Å²) < 4.78 is 37.2. The van der Waals surface area contributed by atoms with Crippen molar-refractivity contribution in [3.8, 4) is 11.1 Å². The van der Waals surface area contributed by atoms with Gasteiger partial charge in [0.25, 0.3) is 0 Å². The normalized spacial score (nSPS) is 10.0. The van der Waals surface area contributed by atoms with Crippen LogP contribution in [0.25, 0.3) is 11.1 Å². The van der Waals surface area contributed by atoms with Crippen molar-refractivity contribution in [1.82, 2.24) is 0 Å². The fourth-order valence-electron chi connectivity index (χ4n) is 1.65. The van der Waals surface area contributed by atoms with Crippen LogP contribution in [0.3, 0.4) is 0 Å². The summed E-state index contributed by atoms with van der Waals surface area (Å²) in [6.07, 6.45) is -4.31. The summed E-state index contributed by atoms with van der Waals surface area (Å²) in [6.45, 7) is 3.95. The summed E-state index contributed by atoms with van der Waals surface area (Å²) in [6, 6.07) is 12.0. The molecule has 2 aromatic rings. The van der Waals surface area contributed by atoms with E-state index in [0.29, 0.717) is 5.56 Å². The molecule has 0 atom stereocenters. The van der Waals surface area contributed by atoms with Crippen molar-refractivity contribution in [2.24, 2.45) is 5.73 Å². The lowest BCUT2D eigenvalue weighted by Gasteiger charge is -2.08. The molecule has 0 aliphatic rings. The molecule has 5 heteroatoms. The summed E-state index contributed by atoms with van der Waals surface area (Å²) in [4.78, 5) is 0. The van der Waals surface area contributed by atoms with E-state index in [0.717, 1.165) is 23.3 Å². The van der Waals surface area contributed by atoms with Crippen LogP contribution in [0.1, 0.15) is 25.0 Å². The smallest absolute Gasteiger partial charge is 0.392 e. The highest BCUT2D eigenvalue weighted by molar-refractivity contribution is 5.64. The SMILES string of the molecule is CC.CN.OCc1ccc(-c2ccc(C(F)(F)F)cc2)cc1. The van der Waals surface area contributed by atoms with E-state index in [1.54, 1.807) is 24.3 Å². The van der Waals surface area contributed by atoms with Crippen molar-refractivity contribution >= 4 is 0 Å². The monoisotopic (exact) mass is 313 g/mol. The molecule has 2 aromatic carbocycles. The number of benzene rings is 2. The van der Waals surface area contributed by atoms with Gasteiger partial charge in [0.15, 0.2) is 0 Å². The van der Waals surface area contributed by atoms with Crippen LogP contribution < -0.4 is 5.73 Å². The summed E-state index contributed by atoms with van der Waals surface area (Å²) in [5, 5.41) is 8.90. The molecule has 0 unspecified atom stereocenters. The first kappa shape index (κ1) is 20.1. The molecule has 0 bridgehead atoms. The van der Waals surface area contributed by atoms with Gasteiger partial charge in [0.1, 0.15) is 0 Å². The lowest BCUT2D eigenvalue weighted by molar-refractivity contribution is -0.137. The lowest BCUT2D eigenvalue weighted by Crippen LogP contribution is -2.03. The molecular weight excluding hydrogens is 291 g/mol. The zero-order chi connectivity index (χ0) is 17.2. The molecule has 0 saturated carbocycles. The zero-order valence-corrected chi connectivity index (χ0v) is 13.0. The van der Waals surface area contributed by atoms with Crippen LogP contribution in [0.2, 0.25) is 0 Å². The van der Waals surface area contributed by atoms with Gasteiger partial charge in [0.2, 0.25) is 0 Å². The van der Waals surface area contributed by atoms with Crippen LogP contribution in [0.4, 0.5) is 13.2 Å². The van der Waals surface area contributed by atoms with Crippen molar-refractivity contribution < 1.29 is 18.3 Å². The van der Waals surface area contributed by atoms with E-state index in [-0.39, 0.29) is 6.61 Å². The van der Waals surface area contributed by atoms with Crippen LogP contribution in [-0.2, 0) is 12.8 Å². The van der Waals surface area contributed by atoms with Gasteiger partial charge in [-0.25, -0.2) is 0 Å². The van der Waals surface area contributed by atoms with Crippen molar-refractivity contribution in [3.05, 3.63) is 59.7 Å². The van der Waals surface area contributed by atoms with Crippen LogP contribution in [0, 0.1) is 0 Å². The molecule has 0 heterocycles. The summed E-state index contributed by atoms with van der Waals surface area (Å²) in [5.74, 6) is 0. The number of halogens is 3. The van der Waals surface area contributed by atoms with Crippen LogP contribution in [0.5, 0.6) is 0 Å². The van der Waals surface area contributed by atoms with Crippen molar-refractivity contribution in [2.75, 3.05) is 7.05 Å². The fraction of sp³-hybridized carbons (Fsp3) is 0.294. The van der Waals surface area contributed by atoms with Crippen molar-refractivity contribution in [1.29, 1.82) is 0 Å². The molecule has 0 fully saturated rings. The van der Waals surface area contributed by atoms with E-state index in [9.17, 15) is 13.2 Å². The quantitative estimate of drug-likeness (QED) is 0.859. The number of aliphatic hydroxyl groups excluding tert-OH is 1. The molecule has 2 rings (SSSR count). The minimum absolute atomic E-state index is 0.0483. The number of hydrogen-bond acceptors (Lipinski definition) is 2. The second-order valence-corrected chi connectivity index (χ2v) is 3.93. The average molecular weight is 313 g/mol. The zero-order valence-electron chi connectivity index (χ0n) is 13.0. The van der Waals surface area contributed by atoms with E-state index < -0.39 is 11.7 Å². The molecule has 0 aliphatic heterocycles. The Bertz CT molecular complexity index is 519. The third kappa shape index (κ3) is 5.87. The molecule has 3 N–H and O–H groups in total. The van der Waals surface area contributed by atoms with Crippen LogP contribution >= 0.6 is 0 Å². The first-order valence-corrected chi connectivity index (χ1v) is 6.96. The third-order valence-electron chi connectivity index (χ3n) is 2.68. The summed E-state index contributed by atoms with van der Waals surface area (Å²) in [5.41, 5.74) is 6.15. The summed E-state index contributed by atoms with van der Waals surface area (Å²) in [7, 11) is 1.50. The van der Waals surface area contributed by atoms with Gasteiger partial charge in [-0.05, 0) is 35.9 Å². The molecule has 2 nitrogen and oxygen atoms in total. The van der Waals surface area contributed by atoms with Gasteiger partial charge < -0.3 is 10.8 Å². The second-order valence-electron chi connectivity index (χ2n) is 3.93. The molecule has 0 amide bonds. The minimum Gasteiger partial charge on any atom is -0.392 e. The minimum atomic E-state index is -4.31. The predicted octanol–water partition coefficient (Wildman–Crippen LogP) is 4.47. The standard InChI is InChI=1S/C14H11F3O.C2H6.CH5N/c15-14(16,17)13-7-5-12(6-8-13)11-3-1-10(9-18)2-4-11;2*1-2/h1-8,18H,9H2;1-2H3;2H2,1H3. The van der Waals surface area contributed by atoms with Crippen molar-refractivity contribution in [3.63, 3.8) is 0 Å². The molecular formula is C17H22F3NO. The number of hydrogen-bond donors (Lipinski definition) is 2. The Morgan fingerprint density at radius 2 is 1.18 bits per heavy atom. The Morgan fingerprint density at radius 1 is 0.818 bits per heavy atom. The van der Waals surface area contributed by atoms with Gasteiger partial charge in [0.05, 0.1) is 12.2 Å². The highest BCUT2D eigenvalue weighted by Gasteiger charge is 2.29. The van der Waals surface area contributed by atoms with Gasteiger partial charge in [-0.15, -0.1) is 0 Å². The average Bonchev–Trinajstić information content (AvgIpc) is 2.58. The van der Waals surface area contributed by atoms with Gasteiger partial charge in [-0.2, -0.15) is 13.2 Å². The van der Waals surface area contributed by atoms with Gasteiger partial charge in [-0.1, -0.05) is 50.2 Å². The molecule has 22 heavy (non-hydrogen) atoms. The Hall–Kier alpha value is -1.85. The maximum Gasteiger partial charge on any atom is 0.416 e. The predicted molar refractivity (Wildman–Crippen MR) is 84.3 cm³/mol. The number of alkyl halides is 3. The first-order valence-electron chi connectivity index (χ1n) is 6.96. The van der Waals surface area contributed by atoms with Crippen LogP contribution in [0.15, 0.2) is 48.5 Å². The van der Waals surface area contributed by atoms with E-state index in [2.05, 4.69) is 5.73 Å². The number of nitrogens with two attached hydrogens (primary N) is 1. The molecule has 122 valence electrons. The maximum atomic E-state index is 12.4. The van der Waals surface area contributed by atoms with E-state index >= 15 is 0 Å². The van der Waals surface area contributed by atoms with Gasteiger partial charge in [-0.3, -0.25) is 0 Å². The third-order valence-corrected chi connectivity index (χ3v) is 2.68. The Labute approximate surface area is 129 Å². The highest BCUT2D eigenvalue weighted by atomic mass is 19.4. The van der Waals surface area contributed by atoms with E-state index in [1.165, 1.54) is 19.2 Å². The van der Waals surface area contributed by atoms with Gasteiger partial charge in [0, 0.05) is 0 Å². The maximum absolute atomic E-state index is 12.4. The van der Waals surface area contributed by atoms with Crippen molar-refractivity contribution in [2.45, 2.75) is 26.6 Å². The number of aliphatic hydroxyl groups is 1.